The van der Waals surface area contributed by atoms with Crippen molar-refractivity contribution in [3.63, 3.8) is 0 Å². The first kappa shape index (κ1) is 14.7. The minimum absolute atomic E-state index is 0.282. The van der Waals surface area contributed by atoms with Crippen molar-refractivity contribution in [3.8, 4) is 0 Å². The third-order valence-electron chi connectivity index (χ3n) is 1.91. The second-order valence-corrected chi connectivity index (χ2v) is 4.37. The lowest BCUT2D eigenvalue weighted by atomic mass is 10.3. The van der Waals surface area contributed by atoms with Crippen LogP contribution in [-0.2, 0) is 4.74 Å². The third-order valence-corrected chi connectivity index (χ3v) is 2.37. The van der Waals surface area contributed by atoms with E-state index in [0.29, 0.717) is 13.2 Å². The zero-order valence-electron chi connectivity index (χ0n) is 9.36. The average Bonchev–Trinajstić information content (AvgIpc) is 2.18. The van der Waals surface area contributed by atoms with Gasteiger partial charge in [-0.25, -0.2) is 4.79 Å². The van der Waals surface area contributed by atoms with Gasteiger partial charge < -0.3 is 4.74 Å². The van der Waals surface area contributed by atoms with E-state index in [1.54, 1.807) is 0 Å². The molecule has 0 fully saturated rings. The number of hydrogen-bond acceptors (Lipinski definition) is 3. The molecule has 0 rings (SSSR count). The van der Waals surface area contributed by atoms with Crippen LogP contribution in [0.5, 0.6) is 0 Å². The summed E-state index contributed by atoms with van der Waals surface area (Å²) in [5.41, 5.74) is 0. The van der Waals surface area contributed by atoms with Crippen molar-refractivity contribution in [2.75, 3.05) is 13.2 Å². The van der Waals surface area contributed by atoms with Gasteiger partial charge in [0.25, 0.3) is 0 Å². The third kappa shape index (κ3) is 6.73. The second-order valence-electron chi connectivity index (χ2n) is 3.26. The lowest BCUT2D eigenvalue weighted by Crippen LogP contribution is -2.34. The van der Waals surface area contributed by atoms with Gasteiger partial charge in [-0.15, -0.1) is 12.6 Å². The molecule has 88 valence electrons. The van der Waals surface area contributed by atoms with Crippen LogP contribution in [0.1, 0.15) is 39.5 Å². The molecule has 1 amide bonds. The summed E-state index contributed by atoms with van der Waals surface area (Å²) in [7, 11) is 0. The van der Waals surface area contributed by atoms with Gasteiger partial charge in [0, 0.05) is 6.54 Å². The molecule has 3 nitrogen and oxygen atoms in total. The van der Waals surface area contributed by atoms with E-state index < -0.39 is 0 Å². The standard InChI is InChI=1S/C10H19NO2S2/c1-3-5-7-11(10(14)15)9(12)13-8-6-4-2/h3-8H2,1-2H3,(H,14,15). The highest BCUT2D eigenvalue weighted by Gasteiger charge is 2.16. The lowest BCUT2D eigenvalue weighted by Gasteiger charge is -2.19. The molecule has 5 heteroatoms. The van der Waals surface area contributed by atoms with Crippen LogP contribution in [0.4, 0.5) is 4.79 Å². The molecule has 0 aliphatic heterocycles. The van der Waals surface area contributed by atoms with Gasteiger partial charge in [0.15, 0.2) is 0 Å². The predicted molar refractivity (Wildman–Crippen MR) is 69.5 cm³/mol. The van der Waals surface area contributed by atoms with Crippen LogP contribution < -0.4 is 0 Å². The molecule has 0 aromatic rings. The quantitative estimate of drug-likeness (QED) is 0.445. The van der Waals surface area contributed by atoms with E-state index >= 15 is 0 Å². The Labute approximate surface area is 103 Å². The van der Waals surface area contributed by atoms with Gasteiger partial charge in [0.1, 0.15) is 4.32 Å². The van der Waals surface area contributed by atoms with Gasteiger partial charge >= 0.3 is 6.09 Å². The van der Waals surface area contributed by atoms with Gasteiger partial charge in [-0.05, 0) is 12.8 Å². The Morgan fingerprint density at radius 3 is 2.40 bits per heavy atom. The summed E-state index contributed by atoms with van der Waals surface area (Å²) in [4.78, 5) is 12.9. The maximum atomic E-state index is 11.5. The van der Waals surface area contributed by atoms with E-state index in [4.69, 9.17) is 17.0 Å². The number of hydrogen-bond donors (Lipinski definition) is 1. The number of thiol groups is 1. The Morgan fingerprint density at radius 1 is 1.33 bits per heavy atom. The monoisotopic (exact) mass is 249 g/mol. The van der Waals surface area contributed by atoms with E-state index in [-0.39, 0.29) is 10.4 Å². The van der Waals surface area contributed by atoms with E-state index in [1.807, 2.05) is 6.92 Å². The fraction of sp³-hybridized carbons (Fsp3) is 0.800. The number of amides is 1. The summed E-state index contributed by atoms with van der Waals surface area (Å²) in [5.74, 6) is 0. The first-order chi connectivity index (χ1) is 7.13. The normalized spacial score (nSPS) is 9.80. The maximum Gasteiger partial charge on any atom is 0.415 e. The molecule has 0 spiro atoms. The molecule has 0 bridgehead atoms. The predicted octanol–water partition coefficient (Wildman–Crippen LogP) is 3.24. The summed E-state index contributed by atoms with van der Waals surface area (Å²) in [6.07, 6.45) is 3.43. The average molecular weight is 249 g/mol. The van der Waals surface area contributed by atoms with Crippen LogP contribution >= 0.6 is 24.8 Å². The molecule has 0 aliphatic rings. The van der Waals surface area contributed by atoms with E-state index in [0.717, 1.165) is 25.7 Å². The van der Waals surface area contributed by atoms with Gasteiger partial charge in [0.05, 0.1) is 6.61 Å². The molecule has 0 radical (unpaired) electrons. The van der Waals surface area contributed by atoms with Gasteiger partial charge in [-0.3, -0.25) is 4.90 Å². The van der Waals surface area contributed by atoms with Gasteiger partial charge in [0.2, 0.25) is 0 Å². The van der Waals surface area contributed by atoms with E-state index in [2.05, 4.69) is 19.6 Å². The number of unbranched alkanes of at least 4 members (excludes halogenated alkanes) is 2. The van der Waals surface area contributed by atoms with Crippen molar-refractivity contribution in [1.82, 2.24) is 4.90 Å². The van der Waals surface area contributed by atoms with Crippen molar-refractivity contribution in [1.29, 1.82) is 0 Å². The Hall–Kier alpha value is -0.290. The number of thiocarbonyl (C=S) groups is 1. The first-order valence-electron chi connectivity index (χ1n) is 5.30. The van der Waals surface area contributed by atoms with Crippen LogP contribution in [0.2, 0.25) is 0 Å². The number of nitrogens with zero attached hydrogens (tertiary/aromatic N) is 1. The van der Waals surface area contributed by atoms with Crippen molar-refractivity contribution < 1.29 is 9.53 Å². The van der Waals surface area contributed by atoms with Gasteiger partial charge in [-0.1, -0.05) is 38.9 Å². The Kier molecular flexibility index (Phi) is 8.80. The summed E-state index contributed by atoms with van der Waals surface area (Å²) in [6, 6.07) is 0. The van der Waals surface area contributed by atoms with Crippen LogP contribution in [0, 0.1) is 0 Å². The fourth-order valence-corrected chi connectivity index (χ4v) is 1.31. The first-order valence-corrected chi connectivity index (χ1v) is 6.16. The van der Waals surface area contributed by atoms with Crippen LogP contribution in [0.3, 0.4) is 0 Å². The Bertz CT molecular complexity index is 210. The molecule has 0 N–H and O–H groups in total. The zero-order chi connectivity index (χ0) is 11.7. The van der Waals surface area contributed by atoms with Crippen LogP contribution in [0.25, 0.3) is 0 Å². The molecule has 0 aliphatic carbocycles. The highest BCUT2D eigenvalue weighted by molar-refractivity contribution is 8.11. The highest BCUT2D eigenvalue weighted by Crippen LogP contribution is 2.04. The number of carbonyl (C=O) groups is 1. The lowest BCUT2D eigenvalue weighted by molar-refractivity contribution is 0.122. The minimum atomic E-state index is -0.378. The van der Waals surface area contributed by atoms with Crippen molar-refractivity contribution >= 4 is 35.3 Å². The fourth-order valence-electron chi connectivity index (χ4n) is 0.963. The number of ether oxygens (including phenoxy) is 1. The molecule has 0 heterocycles. The molecule has 15 heavy (non-hydrogen) atoms. The van der Waals surface area contributed by atoms with Crippen LogP contribution in [-0.4, -0.2) is 28.5 Å². The molecule has 0 aromatic carbocycles. The summed E-state index contributed by atoms with van der Waals surface area (Å²) in [5, 5.41) is 0. The molecule has 0 saturated carbocycles. The summed E-state index contributed by atoms with van der Waals surface area (Å²) < 4.78 is 5.34. The van der Waals surface area contributed by atoms with E-state index in [9.17, 15) is 4.79 Å². The highest BCUT2D eigenvalue weighted by atomic mass is 32.1. The van der Waals surface area contributed by atoms with Crippen molar-refractivity contribution in [3.05, 3.63) is 0 Å². The minimum Gasteiger partial charge on any atom is -0.449 e. The largest absolute Gasteiger partial charge is 0.449 e. The zero-order valence-corrected chi connectivity index (χ0v) is 11.1. The topological polar surface area (TPSA) is 29.5 Å². The van der Waals surface area contributed by atoms with Gasteiger partial charge in [-0.2, -0.15) is 0 Å². The maximum absolute atomic E-state index is 11.5. The molecule has 0 saturated heterocycles. The summed E-state index contributed by atoms with van der Waals surface area (Å²) >= 11 is 8.88. The number of carbonyl (C=O) groups excluding carboxylic acids is 1. The molecular formula is C10H19NO2S2. The van der Waals surface area contributed by atoms with Crippen LogP contribution in [0.15, 0.2) is 0 Å². The van der Waals surface area contributed by atoms with Crippen molar-refractivity contribution in [2.45, 2.75) is 39.5 Å². The second kappa shape index (κ2) is 8.97. The molecule has 0 aromatic heterocycles. The molecule has 0 atom stereocenters. The Balaban J connectivity index is 3.99. The smallest absolute Gasteiger partial charge is 0.415 e. The molecular weight excluding hydrogens is 230 g/mol. The SMILES string of the molecule is CCCCOC(=O)N(CCCC)C(=S)S. The van der Waals surface area contributed by atoms with E-state index in [1.165, 1.54) is 4.90 Å². The Morgan fingerprint density at radius 2 is 1.93 bits per heavy atom. The number of rotatable bonds is 6. The summed E-state index contributed by atoms with van der Waals surface area (Å²) in [6.45, 7) is 5.15. The van der Waals surface area contributed by atoms with Crippen molar-refractivity contribution in [2.24, 2.45) is 0 Å². The molecule has 0 unspecified atom stereocenters.